The van der Waals surface area contributed by atoms with Gasteiger partial charge in [0.25, 0.3) is 0 Å². The van der Waals surface area contributed by atoms with E-state index in [1.54, 1.807) is 13.0 Å². The van der Waals surface area contributed by atoms with E-state index in [1.807, 2.05) is 13.1 Å². The molecule has 0 amide bonds. The summed E-state index contributed by atoms with van der Waals surface area (Å²) in [5, 5.41) is 12.5. The van der Waals surface area contributed by atoms with Crippen LogP contribution < -0.4 is 10.2 Å². The molecule has 0 aliphatic carbocycles. The van der Waals surface area contributed by atoms with Gasteiger partial charge in [0, 0.05) is 29.5 Å². The van der Waals surface area contributed by atoms with Crippen molar-refractivity contribution in [1.29, 1.82) is 0 Å². The third kappa shape index (κ3) is 3.15. The van der Waals surface area contributed by atoms with Crippen LogP contribution in [-0.4, -0.2) is 41.5 Å². The van der Waals surface area contributed by atoms with Crippen molar-refractivity contribution in [2.75, 3.05) is 36.5 Å². The van der Waals surface area contributed by atoms with E-state index in [-0.39, 0.29) is 11.0 Å². The summed E-state index contributed by atoms with van der Waals surface area (Å²) in [4.78, 5) is 6.96. The number of hydrogen-bond donors (Lipinski definition) is 1. The van der Waals surface area contributed by atoms with E-state index in [1.165, 1.54) is 6.07 Å². The molecular weight excluding hydrogens is 388 g/mol. The zero-order valence-corrected chi connectivity index (χ0v) is 17.0. The highest BCUT2D eigenvalue weighted by Gasteiger charge is 2.44. The Hall–Kier alpha value is -2.87. The number of anilines is 2. The average molecular weight is 411 g/mol. The number of benzene rings is 1. The lowest BCUT2D eigenvalue weighted by Gasteiger charge is -2.37. The summed E-state index contributed by atoms with van der Waals surface area (Å²) in [7, 11) is 0. The first-order valence-electron chi connectivity index (χ1n) is 10.1. The first-order chi connectivity index (χ1) is 14.5. The van der Waals surface area contributed by atoms with Crippen LogP contribution in [0.1, 0.15) is 30.6 Å². The van der Waals surface area contributed by atoms with E-state index < -0.39 is 17.7 Å². The van der Waals surface area contributed by atoms with Gasteiger partial charge >= 0.3 is 0 Å². The first kappa shape index (κ1) is 19.1. The Bertz CT molecular complexity index is 1120. The van der Waals surface area contributed by atoms with Crippen molar-refractivity contribution < 1.29 is 13.5 Å². The molecule has 5 rings (SSSR count). The van der Waals surface area contributed by atoms with Gasteiger partial charge in [-0.05, 0) is 32.4 Å². The van der Waals surface area contributed by atoms with Crippen LogP contribution in [0.3, 0.4) is 0 Å². The van der Waals surface area contributed by atoms with Crippen LogP contribution >= 0.6 is 0 Å². The maximum absolute atomic E-state index is 14.2. The van der Waals surface area contributed by atoms with Crippen LogP contribution in [-0.2, 0) is 4.74 Å². The summed E-state index contributed by atoms with van der Waals surface area (Å²) in [5.74, 6) is -1.22. The number of pyridine rings is 1. The highest BCUT2D eigenvalue weighted by Crippen LogP contribution is 2.40. The fourth-order valence-corrected chi connectivity index (χ4v) is 4.35. The fourth-order valence-electron chi connectivity index (χ4n) is 4.35. The number of aromatic nitrogens is 3. The summed E-state index contributed by atoms with van der Waals surface area (Å²) in [5.41, 5.74) is 2.99. The Kier molecular flexibility index (Phi) is 4.54. The predicted molar refractivity (Wildman–Crippen MR) is 111 cm³/mol. The van der Waals surface area contributed by atoms with Crippen molar-refractivity contribution in [3.8, 4) is 0 Å². The van der Waals surface area contributed by atoms with Gasteiger partial charge in [0.2, 0.25) is 0 Å². The highest BCUT2D eigenvalue weighted by atomic mass is 19.2. The van der Waals surface area contributed by atoms with Gasteiger partial charge in [-0.3, -0.25) is 4.98 Å². The minimum absolute atomic E-state index is 0.237. The SMILES string of the molecule is Cc1nnc(N[C@H](C)c2cccc(F)c2F)c2cc(N3CCC4(COC4)C3)cnc12. The molecule has 1 aromatic carbocycles. The molecule has 2 fully saturated rings. The van der Waals surface area contributed by atoms with Crippen molar-refractivity contribution in [2.24, 2.45) is 5.41 Å². The molecule has 0 radical (unpaired) electrons. The van der Waals surface area contributed by atoms with Crippen LogP contribution in [0, 0.1) is 24.0 Å². The Labute approximate surface area is 173 Å². The maximum Gasteiger partial charge on any atom is 0.164 e. The van der Waals surface area contributed by atoms with Crippen molar-refractivity contribution >= 4 is 22.4 Å². The number of nitrogens with zero attached hydrogens (tertiary/aromatic N) is 4. The summed E-state index contributed by atoms with van der Waals surface area (Å²) in [6.07, 6.45) is 2.98. The topological polar surface area (TPSA) is 63.2 Å². The van der Waals surface area contributed by atoms with Gasteiger partial charge in [-0.1, -0.05) is 12.1 Å². The van der Waals surface area contributed by atoms with E-state index in [0.29, 0.717) is 5.82 Å². The molecule has 2 saturated heterocycles. The minimum Gasteiger partial charge on any atom is -0.380 e. The molecule has 4 heterocycles. The molecule has 2 aromatic heterocycles. The zero-order chi connectivity index (χ0) is 20.9. The average Bonchev–Trinajstić information content (AvgIpc) is 3.18. The Morgan fingerprint density at radius 2 is 2.07 bits per heavy atom. The molecule has 2 aliphatic rings. The van der Waals surface area contributed by atoms with Gasteiger partial charge in [-0.25, -0.2) is 8.78 Å². The largest absolute Gasteiger partial charge is 0.380 e. The number of halogens is 2. The standard InChI is InChI=1S/C22H23F2N5O/c1-13(16-4-3-5-18(23)19(16)24)26-21-17-8-15(9-25-20(17)14(2)27-28-21)29-7-6-22(10-29)11-30-12-22/h3-5,8-9,13H,6-7,10-12H2,1-2H3,(H,26,28)/t13-/m1/s1. The van der Waals surface area contributed by atoms with Gasteiger partial charge in [-0.15, -0.1) is 5.10 Å². The second-order valence-electron chi connectivity index (χ2n) is 8.40. The Balaban J connectivity index is 1.48. The van der Waals surface area contributed by atoms with Crippen LogP contribution in [0.15, 0.2) is 30.5 Å². The maximum atomic E-state index is 14.2. The lowest BCUT2D eigenvalue weighted by atomic mass is 9.85. The molecule has 8 heteroatoms. The molecule has 1 spiro atoms. The molecule has 3 aromatic rings. The first-order valence-corrected chi connectivity index (χ1v) is 10.1. The van der Waals surface area contributed by atoms with Gasteiger partial charge < -0.3 is 15.0 Å². The molecule has 1 N–H and O–H groups in total. The molecule has 30 heavy (non-hydrogen) atoms. The summed E-state index contributed by atoms with van der Waals surface area (Å²) in [6, 6.07) is 5.73. The number of fused-ring (bicyclic) bond motifs is 1. The predicted octanol–water partition coefficient (Wildman–Crippen LogP) is 4.01. The summed E-state index contributed by atoms with van der Waals surface area (Å²) in [6.45, 7) is 7.17. The smallest absolute Gasteiger partial charge is 0.164 e. The summed E-state index contributed by atoms with van der Waals surface area (Å²) < 4.78 is 33.3. The van der Waals surface area contributed by atoms with Gasteiger partial charge in [0.05, 0.1) is 42.4 Å². The molecule has 1 atom stereocenters. The second-order valence-corrected chi connectivity index (χ2v) is 8.40. The molecule has 0 saturated carbocycles. The lowest BCUT2D eigenvalue weighted by molar-refractivity contribution is -0.0985. The van der Waals surface area contributed by atoms with Crippen molar-refractivity contribution in [3.63, 3.8) is 0 Å². The second kappa shape index (κ2) is 7.12. The Morgan fingerprint density at radius 1 is 1.23 bits per heavy atom. The van der Waals surface area contributed by atoms with Crippen LogP contribution in [0.4, 0.5) is 20.3 Å². The van der Waals surface area contributed by atoms with Crippen molar-refractivity contribution in [1.82, 2.24) is 15.2 Å². The molecule has 6 nitrogen and oxygen atoms in total. The third-order valence-electron chi connectivity index (χ3n) is 6.19. The Morgan fingerprint density at radius 3 is 2.80 bits per heavy atom. The van der Waals surface area contributed by atoms with E-state index >= 15 is 0 Å². The van der Waals surface area contributed by atoms with Gasteiger partial charge in [-0.2, -0.15) is 5.10 Å². The summed E-state index contributed by atoms with van der Waals surface area (Å²) >= 11 is 0. The number of aryl methyl sites for hydroxylation is 1. The quantitative estimate of drug-likeness (QED) is 0.700. The van der Waals surface area contributed by atoms with Crippen molar-refractivity contribution in [2.45, 2.75) is 26.3 Å². The number of ether oxygens (including phenoxy) is 1. The van der Waals surface area contributed by atoms with Crippen LogP contribution in [0.2, 0.25) is 0 Å². The molecule has 156 valence electrons. The van der Waals surface area contributed by atoms with E-state index in [4.69, 9.17) is 4.74 Å². The molecule has 0 unspecified atom stereocenters. The normalized spacial score (nSPS) is 18.6. The number of hydrogen-bond acceptors (Lipinski definition) is 6. The monoisotopic (exact) mass is 411 g/mol. The van der Waals surface area contributed by atoms with E-state index in [2.05, 4.69) is 31.5 Å². The molecule has 2 aliphatic heterocycles. The fraction of sp³-hybridized carbons (Fsp3) is 0.409. The lowest BCUT2D eigenvalue weighted by Crippen LogP contribution is -2.44. The molecular formula is C22H23F2N5O. The van der Waals surface area contributed by atoms with Crippen LogP contribution in [0.5, 0.6) is 0 Å². The van der Waals surface area contributed by atoms with E-state index in [9.17, 15) is 8.78 Å². The van der Waals surface area contributed by atoms with Crippen molar-refractivity contribution in [3.05, 3.63) is 53.4 Å². The van der Waals surface area contributed by atoms with Gasteiger partial charge in [0.15, 0.2) is 17.5 Å². The third-order valence-corrected chi connectivity index (χ3v) is 6.19. The van der Waals surface area contributed by atoms with Crippen LogP contribution in [0.25, 0.3) is 10.9 Å². The number of rotatable bonds is 4. The zero-order valence-electron chi connectivity index (χ0n) is 17.0. The van der Waals surface area contributed by atoms with Gasteiger partial charge in [0.1, 0.15) is 0 Å². The minimum atomic E-state index is -0.868. The van der Waals surface area contributed by atoms with E-state index in [0.717, 1.165) is 61.1 Å². The highest BCUT2D eigenvalue weighted by molar-refractivity contribution is 5.92. The molecule has 0 bridgehead atoms. The number of nitrogens with one attached hydrogen (secondary N) is 1.